The molecule has 1 aliphatic heterocycles. The molecule has 1 N–H and O–H groups in total. The Labute approximate surface area is 145 Å². The zero-order valence-corrected chi connectivity index (χ0v) is 15.2. The number of aliphatic hydroxyl groups excluding tert-OH is 1. The minimum absolute atomic E-state index is 0.102. The zero-order chi connectivity index (χ0) is 17.5. The van der Waals surface area contributed by atoms with Gasteiger partial charge in [-0.3, -0.25) is 4.79 Å². The molecule has 0 aromatic heterocycles. The lowest BCUT2D eigenvalue weighted by molar-refractivity contribution is -0.127. The molecular weight excluding hydrogens is 300 g/mol. The van der Waals surface area contributed by atoms with Crippen LogP contribution in [0.1, 0.15) is 36.0 Å². The molecule has 1 saturated heterocycles. The van der Waals surface area contributed by atoms with Crippen LogP contribution in [0.25, 0.3) is 6.08 Å². The molecule has 0 saturated carbocycles. The van der Waals surface area contributed by atoms with Gasteiger partial charge in [-0.15, -0.1) is 0 Å². The van der Waals surface area contributed by atoms with E-state index in [1.165, 1.54) is 11.1 Å². The van der Waals surface area contributed by atoms with Crippen LogP contribution in [0.3, 0.4) is 0 Å². The predicted molar refractivity (Wildman–Crippen MR) is 98.9 cm³/mol. The van der Waals surface area contributed by atoms with Crippen molar-refractivity contribution in [1.82, 2.24) is 9.80 Å². The van der Waals surface area contributed by atoms with Crippen LogP contribution in [-0.4, -0.2) is 60.1 Å². The van der Waals surface area contributed by atoms with Gasteiger partial charge in [-0.25, -0.2) is 0 Å². The number of hydrogen-bond donors (Lipinski definition) is 1. The van der Waals surface area contributed by atoms with Crippen LogP contribution in [0.2, 0.25) is 0 Å². The summed E-state index contributed by atoms with van der Waals surface area (Å²) in [4.78, 5) is 16.6. The van der Waals surface area contributed by atoms with Gasteiger partial charge in [0.2, 0.25) is 5.91 Å². The Balaban J connectivity index is 1.85. The molecular formula is C20H30N2O2. The van der Waals surface area contributed by atoms with Gasteiger partial charge >= 0.3 is 0 Å². The maximum Gasteiger partial charge on any atom is 0.246 e. The minimum atomic E-state index is 0.102. The number of carbonyl (C=O) groups excluding carboxylic acids is 1. The second-order valence-electron chi connectivity index (χ2n) is 6.87. The first-order valence-corrected chi connectivity index (χ1v) is 8.86. The fraction of sp³-hybridized carbons (Fsp3) is 0.550. The van der Waals surface area contributed by atoms with Crippen LogP contribution in [0.4, 0.5) is 0 Å². The molecule has 4 nitrogen and oxygen atoms in total. The average molecular weight is 330 g/mol. The quantitative estimate of drug-likeness (QED) is 0.816. The Morgan fingerprint density at radius 3 is 2.46 bits per heavy atom. The second-order valence-corrected chi connectivity index (χ2v) is 6.87. The molecule has 1 aliphatic rings. The number of nitrogens with zero attached hydrogens (tertiary/aromatic N) is 2. The predicted octanol–water partition coefficient (Wildman–Crippen LogP) is 2.62. The van der Waals surface area contributed by atoms with Gasteiger partial charge in [-0.2, -0.15) is 0 Å². The third-order valence-electron chi connectivity index (χ3n) is 4.73. The first-order chi connectivity index (χ1) is 11.5. The summed E-state index contributed by atoms with van der Waals surface area (Å²) in [6.07, 6.45) is 6.44. The van der Waals surface area contributed by atoms with E-state index >= 15 is 0 Å². The van der Waals surface area contributed by atoms with Gasteiger partial charge in [0.25, 0.3) is 0 Å². The van der Waals surface area contributed by atoms with E-state index in [1.807, 2.05) is 11.0 Å². The number of piperidine rings is 1. The fourth-order valence-electron chi connectivity index (χ4n) is 3.41. The van der Waals surface area contributed by atoms with Crippen LogP contribution >= 0.6 is 0 Å². The largest absolute Gasteiger partial charge is 0.396 e. The molecule has 2 rings (SSSR count). The maximum atomic E-state index is 12.4. The van der Waals surface area contributed by atoms with E-state index in [0.717, 1.165) is 44.5 Å². The Morgan fingerprint density at radius 1 is 1.25 bits per heavy atom. The summed E-state index contributed by atoms with van der Waals surface area (Å²) >= 11 is 0. The molecule has 1 aromatic rings. The van der Waals surface area contributed by atoms with Crippen molar-refractivity contribution in [2.24, 2.45) is 0 Å². The van der Waals surface area contributed by atoms with E-state index < -0.39 is 0 Å². The van der Waals surface area contributed by atoms with Gasteiger partial charge in [0.1, 0.15) is 0 Å². The SMILES string of the molecule is Cc1cc(C)cc(/C=C/C(=O)N2CCC(N(C)CCCO)CC2)c1. The number of aryl methyl sites for hydroxylation is 2. The van der Waals surface area contributed by atoms with Gasteiger partial charge in [0.05, 0.1) is 0 Å². The minimum Gasteiger partial charge on any atom is -0.396 e. The Kier molecular flexibility index (Phi) is 7.00. The highest BCUT2D eigenvalue weighted by Crippen LogP contribution is 2.16. The van der Waals surface area contributed by atoms with Gasteiger partial charge in [0, 0.05) is 38.4 Å². The van der Waals surface area contributed by atoms with Gasteiger partial charge in [-0.1, -0.05) is 29.3 Å². The van der Waals surface area contributed by atoms with Crippen LogP contribution < -0.4 is 0 Å². The lowest BCUT2D eigenvalue weighted by Crippen LogP contribution is -2.45. The molecule has 0 spiro atoms. The third kappa shape index (κ3) is 5.46. The van der Waals surface area contributed by atoms with Gasteiger partial charge in [0.15, 0.2) is 0 Å². The average Bonchev–Trinajstić information content (AvgIpc) is 2.57. The highest BCUT2D eigenvalue weighted by molar-refractivity contribution is 5.91. The smallest absolute Gasteiger partial charge is 0.246 e. The van der Waals surface area contributed by atoms with Crippen LogP contribution in [-0.2, 0) is 4.79 Å². The summed E-state index contributed by atoms with van der Waals surface area (Å²) in [5.41, 5.74) is 3.52. The number of likely N-dealkylation sites (tertiary alicyclic amines) is 1. The van der Waals surface area contributed by atoms with Crippen molar-refractivity contribution in [3.63, 3.8) is 0 Å². The first-order valence-electron chi connectivity index (χ1n) is 8.86. The standard InChI is InChI=1S/C20H30N2O2/c1-16-13-17(2)15-18(14-16)5-6-20(24)22-10-7-19(8-11-22)21(3)9-4-12-23/h5-6,13-15,19,23H,4,7-12H2,1-3H3/b6-5+. The molecule has 0 atom stereocenters. The van der Waals surface area contributed by atoms with E-state index in [1.54, 1.807) is 6.08 Å². The van der Waals surface area contributed by atoms with Crippen LogP contribution in [0.15, 0.2) is 24.3 Å². The number of rotatable bonds is 6. The lowest BCUT2D eigenvalue weighted by Gasteiger charge is -2.36. The Hall–Kier alpha value is -1.65. The lowest BCUT2D eigenvalue weighted by atomic mass is 10.0. The Morgan fingerprint density at radius 2 is 1.88 bits per heavy atom. The third-order valence-corrected chi connectivity index (χ3v) is 4.73. The van der Waals surface area contributed by atoms with Crippen molar-refractivity contribution in [1.29, 1.82) is 0 Å². The normalized spacial score (nSPS) is 16.3. The van der Waals surface area contributed by atoms with Crippen molar-refractivity contribution in [3.05, 3.63) is 41.0 Å². The molecule has 0 radical (unpaired) electrons. The van der Waals surface area contributed by atoms with Crippen LogP contribution in [0, 0.1) is 13.8 Å². The highest BCUT2D eigenvalue weighted by atomic mass is 16.3. The Bertz CT molecular complexity index is 555. The van der Waals surface area contributed by atoms with E-state index in [-0.39, 0.29) is 12.5 Å². The molecule has 1 aromatic carbocycles. The molecule has 1 amide bonds. The first kappa shape index (κ1) is 18.7. The van der Waals surface area contributed by atoms with Gasteiger partial charge in [-0.05, 0) is 51.8 Å². The summed E-state index contributed by atoms with van der Waals surface area (Å²) in [6, 6.07) is 6.85. The molecule has 0 aliphatic carbocycles. The molecule has 1 heterocycles. The summed E-state index contributed by atoms with van der Waals surface area (Å²) < 4.78 is 0. The van der Waals surface area contributed by atoms with E-state index in [0.29, 0.717) is 6.04 Å². The molecule has 24 heavy (non-hydrogen) atoms. The van der Waals surface area contributed by atoms with E-state index in [2.05, 4.69) is 44.0 Å². The second kappa shape index (κ2) is 9.00. The molecule has 1 fully saturated rings. The molecule has 0 bridgehead atoms. The maximum absolute atomic E-state index is 12.4. The van der Waals surface area contributed by atoms with Crippen LogP contribution in [0.5, 0.6) is 0 Å². The number of benzene rings is 1. The number of amides is 1. The summed E-state index contributed by atoms with van der Waals surface area (Å²) in [6.45, 7) is 6.93. The number of hydrogen-bond acceptors (Lipinski definition) is 3. The topological polar surface area (TPSA) is 43.8 Å². The summed E-state index contributed by atoms with van der Waals surface area (Å²) in [5.74, 6) is 0.102. The monoisotopic (exact) mass is 330 g/mol. The van der Waals surface area contributed by atoms with E-state index in [9.17, 15) is 4.79 Å². The van der Waals surface area contributed by atoms with Gasteiger partial charge < -0.3 is 14.9 Å². The number of carbonyl (C=O) groups is 1. The van der Waals surface area contributed by atoms with E-state index in [4.69, 9.17) is 5.11 Å². The van der Waals surface area contributed by atoms with Crippen molar-refractivity contribution in [3.8, 4) is 0 Å². The molecule has 0 unspecified atom stereocenters. The molecule has 132 valence electrons. The highest BCUT2D eigenvalue weighted by Gasteiger charge is 2.23. The summed E-state index contributed by atoms with van der Waals surface area (Å²) in [5, 5.41) is 8.93. The van der Waals surface area contributed by atoms with Crippen molar-refractivity contribution < 1.29 is 9.90 Å². The zero-order valence-electron chi connectivity index (χ0n) is 15.2. The molecule has 4 heteroatoms. The summed E-state index contributed by atoms with van der Waals surface area (Å²) in [7, 11) is 2.11. The van der Waals surface area contributed by atoms with Crippen molar-refractivity contribution in [2.45, 2.75) is 39.2 Å². The van der Waals surface area contributed by atoms with Crippen molar-refractivity contribution >= 4 is 12.0 Å². The van der Waals surface area contributed by atoms with Crippen molar-refractivity contribution in [2.75, 3.05) is 33.3 Å². The fourth-order valence-corrected chi connectivity index (χ4v) is 3.41. The number of aliphatic hydroxyl groups is 1.